The van der Waals surface area contributed by atoms with Gasteiger partial charge in [-0.25, -0.2) is 13.6 Å². The number of carbonyl (C=O) groups excluding carboxylic acids is 2. The Bertz CT molecular complexity index is 1350. The molecule has 2 N–H and O–H groups in total. The third kappa shape index (κ3) is 10.3. The van der Waals surface area contributed by atoms with Gasteiger partial charge in [-0.15, -0.1) is 0 Å². The Morgan fingerprint density at radius 1 is 0.920 bits per heavy atom. The molecule has 0 aliphatic carbocycles. The number of rotatable bonds is 22. The minimum atomic E-state index is -2.65. The normalized spacial score (nSPS) is 18.1. The van der Waals surface area contributed by atoms with Gasteiger partial charge in [0, 0.05) is 20.0 Å². The number of halogens is 2. The predicted molar refractivity (Wildman–Crippen MR) is 195 cm³/mol. The second kappa shape index (κ2) is 19.5. The fraction of sp³-hybridized carbons (Fsp3) is 0.575. The summed E-state index contributed by atoms with van der Waals surface area (Å²) in [5.74, 6) is -7.02. The van der Waals surface area contributed by atoms with Crippen molar-refractivity contribution >= 4 is 28.9 Å². The van der Waals surface area contributed by atoms with Crippen molar-refractivity contribution < 1.29 is 38.1 Å². The predicted octanol–water partition coefficient (Wildman–Crippen LogP) is 9.62. The largest absolute Gasteiger partial charge is 0.479 e. The molecule has 2 amide bonds. The highest BCUT2D eigenvalue weighted by Gasteiger charge is 2.60. The molecule has 1 aliphatic rings. The molecule has 1 fully saturated rings. The number of thioether (sulfide) groups is 1. The summed E-state index contributed by atoms with van der Waals surface area (Å²) in [4.78, 5) is 42.3. The lowest BCUT2D eigenvalue weighted by molar-refractivity contribution is -0.175. The summed E-state index contributed by atoms with van der Waals surface area (Å²) in [7, 11) is 1.23. The summed E-state index contributed by atoms with van der Waals surface area (Å²) in [5.41, 5.74) is -1.01. The van der Waals surface area contributed by atoms with E-state index in [1.165, 1.54) is 13.2 Å². The number of carboxylic acid groups (broad SMARTS) is 1. The van der Waals surface area contributed by atoms with Gasteiger partial charge in [-0.05, 0) is 54.5 Å². The first-order chi connectivity index (χ1) is 23.9. The maximum atomic E-state index is 14.6. The lowest BCUT2D eigenvalue weighted by Crippen LogP contribution is -2.58. The average molecular weight is 716 g/mol. The van der Waals surface area contributed by atoms with Gasteiger partial charge >= 0.3 is 5.97 Å². The molecule has 0 aromatic heterocycles. The molecular formula is C40H55F2NO6S. The first kappa shape index (κ1) is 41.3. The number of hydrogen-bond acceptors (Lipinski definition) is 6. The van der Waals surface area contributed by atoms with Crippen LogP contribution in [0.25, 0.3) is 0 Å². The zero-order chi connectivity index (χ0) is 36.8. The quantitative estimate of drug-likeness (QED) is 0.0924. The Morgan fingerprint density at radius 3 is 1.92 bits per heavy atom. The zero-order valence-electron chi connectivity index (χ0n) is 30.0. The van der Waals surface area contributed by atoms with E-state index in [0.717, 1.165) is 53.5 Å². The molecule has 1 unspecified atom stereocenters. The molecule has 2 aromatic carbocycles. The molecule has 0 saturated carbocycles. The van der Waals surface area contributed by atoms with Crippen LogP contribution in [-0.2, 0) is 19.1 Å². The van der Waals surface area contributed by atoms with Crippen molar-refractivity contribution in [2.24, 2.45) is 11.8 Å². The molecule has 0 spiro atoms. The van der Waals surface area contributed by atoms with Gasteiger partial charge in [0.15, 0.2) is 0 Å². The number of ether oxygens (including phenoxy) is 1. The zero-order valence-corrected chi connectivity index (χ0v) is 30.8. The van der Waals surface area contributed by atoms with Crippen molar-refractivity contribution in [2.75, 3.05) is 13.7 Å². The van der Waals surface area contributed by atoms with Gasteiger partial charge in [-0.3, -0.25) is 14.5 Å². The fourth-order valence-electron chi connectivity index (χ4n) is 6.98. The maximum Gasteiger partial charge on any atom is 0.339 e. The van der Waals surface area contributed by atoms with Gasteiger partial charge in [0.05, 0.1) is 23.3 Å². The molecule has 0 radical (unpaired) electrons. The van der Waals surface area contributed by atoms with Crippen LogP contribution in [-0.4, -0.2) is 63.5 Å². The van der Waals surface area contributed by atoms with Gasteiger partial charge < -0.3 is 14.9 Å². The summed E-state index contributed by atoms with van der Waals surface area (Å²) in [5, 5.41) is 21.2. The minimum absolute atomic E-state index is 0.0731. The number of aliphatic hydroxyl groups is 1. The standard InChI is InChI=1S/C40H55F2NO6S/c1-5-6-7-11-20-27-38(41,42)28-21-12-9-8-10-19-26-33(39(48,29-49-4)36(45)46)35(44)43-34(30(2)3)40(50-37(43)47,31-22-15-13-16-23-31)32-24-17-14-18-25-32/h13-19,22-26,30,33-34,48H,5-12,20-21,27-29H2,1-4H3,(H,45,46)/t33-,34?,39+/m1/s1. The van der Waals surface area contributed by atoms with Gasteiger partial charge in [0.25, 0.3) is 5.24 Å². The molecule has 1 saturated heterocycles. The molecule has 1 aliphatic heterocycles. The number of carboxylic acids is 1. The first-order valence-corrected chi connectivity index (χ1v) is 18.8. The maximum absolute atomic E-state index is 14.6. The van der Waals surface area contributed by atoms with Crippen LogP contribution in [0.3, 0.4) is 0 Å². The van der Waals surface area contributed by atoms with E-state index in [0.29, 0.717) is 38.5 Å². The van der Waals surface area contributed by atoms with Crippen LogP contribution in [0, 0.1) is 11.8 Å². The number of alkyl halides is 2. The van der Waals surface area contributed by atoms with Crippen LogP contribution in [0.1, 0.15) is 109 Å². The number of amides is 2. The summed E-state index contributed by atoms with van der Waals surface area (Å²) >= 11 is 1.02. The van der Waals surface area contributed by atoms with E-state index < -0.39 is 52.0 Å². The van der Waals surface area contributed by atoms with E-state index in [2.05, 4.69) is 6.92 Å². The lowest BCUT2D eigenvalue weighted by Gasteiger charge is -2.41. The highest BCUT2D eigenvalue weighted by atomic mass is 32.2. The van der Waals surface area contributed by atoms with Gasteiger partial charge in [0.1, 0.15) is 0 Å². The third-order valence-corrected chi connectivity index (χ3v) is 11.0. The number of nitrogens with zero attached hydrogens (tertiary/aromatic N) is 1. The Hall–Kier alpha value is -3.08. The monoisotopic (exact) mass is 715 g/mol. The second-order valence-corrected chi connectivity index (χ2v) is 15.0. The van der Waals surface area contributed by atoms with E-state index >= 15 is 0 Å². The van der Waals surface area contributed by atoms with E-state index in [-0.39, 0.29) is 18.8 Å². The van der Waals surface area contributed by atoms with E-state index in [4.69, 9.17) is 4.74 Å². The molecule has 276 valence electrons. The van der Waals surface area contributed by atoms with Gasteiger partial charge in [0.2, 0.25) is 17.4 Å². The molecule has 0 bridgehead atoms. The highest BCUT2D eigenvalue weighted by molar-refractivity contribution is 8.15. The summed E-state index contributed by atoms with van der Waals surface area (Å²) < 4.78 is 32.7. The van der Waals surface area contributed by atoms with Crippen molar-refractivity contribution in [3.8, 4) is 0 Å². The summed E-state index contributed by atoms with van der Waals surface area (Å²) in [6, 6.07) is 18.2. The van der Waals surface area contributed by atoms with Crippen molar-refractivity contribution in [1.82, 2.24) is 4.90 Å². The SMILES string of the molecule is CCCCCCCC(F)(F)CCCCCCC=C[C@H](C(=O)N1C(=O)SC(c2ccccc2)(c2ccccc2)C1C(C)C)[C@@](O)(COC)C(=O)O. The molecule has 50 heavy (non-hydrogen) atoms. The molecule has 2 aromatic rings. The molecule has 7 nitrogen and oxygen atoms in total. The Balaban J connectivity index is 1.80. The Morgan fingerprint density at radius 2 is 1.44 bits per heavy atom. The van der Waals surface area contributed by atoms with E-state index in [9.17, 15) is 33.4 Å². The van der Waals surface area contributed by atoms with E-state index in [1.807, 2.05) is 74.5 Å². The van der Waals surface area contributed by atoms with Crippen molar-refractivity contribution in [3.05, 3.63) is 83.9 Å². The van der Waals surface area contributed by atoms with E-state index in [1.54, 1.807) is 6.08 Å². The number of carbonyl (C=O) groups is 3. The third-order valence-electron chi connectivity index (χ3n) is 9.57. The Labute approximate surface area is 300 Å². The fourth-order valence-corrected chi connectivity index (χ4v) is 8.56. The molecule has 1 heterocycles. The van der Waals surface area contributed by atoms with Crippen LogP contribution in [0.5, 0.6) is 0 Å². The molecule has 3 rings (SSSR count). The molecule has 3 atom stereocenters. The van der Waals surface area contributed by atoms with Crippen LogP contribution in [0.15, 0.2) is 72.8 Å². The highest BCUT2D eigenvalue weighted by Crippen LogP contribution is 2.56. The van der Waals surface area contributed by atoms with Crippen molar-refractivity contribution in [2.45, 2.75) is 120 Å². The number of imide groups is 1. The first-order valence-electron chi connectivity index (χ1n) is 18.0. The van der Waals surface area contributed by atoms with Crippen LogP contribution >= 0.6 is 11.8 Å². The average Bonchev–Trinajstić information content (AvgIpc) is 3.42. The van der Waals surface area contributed by atoms with Crippen molar-refractivity contribution in [1.29, 1.82) is 0 Å². The number of allylic oxidation sites excluding steroid dienone is 1. The van der Waals surface area contributed by atoms with Crippen LogP contribution < -0.4 is 0 Å². The number of benzene rings is 2. The number of unbranched alkanes of at least 4 members (excludes halogenated alkanes) is 8. The van der Waals surface area contributed by atoms with Crippen LogP contribution in [0.2, 0.25) is 0 Å². The lowest BCUT2D eigenvalue weighted by atomic mass is 9.77. The molecular weight excluding hydrogens is 661 g/mol. The Kier molecular flexibility index (Phi) is 16.1. The van der Waals surface area contributed by atoms with Crippen molar-refractivity contribution in [3.63, 3.8) is 0 Å². The summed E-state index contributed by atoms with van der Waals surface area (Å²) in [6.07, 6.45) is 10.1. The topological polar surface area (TPSA) is 104 Å². The number of aliphatic carboxylic acids is 1. The second-order valence-electron chi connectivity index (χ2n) is 13.8. The number of methoxy groups -OCH3 is 1. The van der Waals surface area contributed by atoms with Crippen LogP contribution in [0.4, 0.5) is 13.6 Å². The minimum Gasteiger partial charge on any atom is -0.479 e. The number of hydrogen-bond donors (Lipinski definition) is 2. The summed E-state index contributed by atoms with van der Waals surface area (Å²) in [6.45, 7) is 5.24. The molecule has 10 heteroatoms. The van der Waals surface area contributed by atoms with Gasteiger partial charge in [-0.2, -0.15) is 0 Å². The smallest absolute Gasteiger partial charge is 0.339 e. The van der Waals surface area contributed by atoms with Gasteiger partial charge in [-0.1, -0.05) is 132 Å².